The van der Waals surface area contributed by atoms with Crippen LogP contribution >= 0.6 is 0 Å². The summed E-state index contributed by atoms with van der Waals surface area (Å²) < 4.78 is 46.8. The molecule has 1 heterocycles. The number of nitrogens with zero attached hydrogens (tertiary/aromatic N) is 1. The number of halogens is 1. The van der Waals surface area contributed by atoms with E-state index in [4.69, 9.17) is 4.74 Å². The molecule has 0 spiro atoms. The van der Waals surface area contributed by atoms with Gasteiger partial charge < -0.3 is 10.1 Å². The lowest BCUT2D eigenvalue weighted by Crippen LogP contribution is -2.40. The molecule has 1 saturated heterocycles. The lowest BCUT2D eigenvalue weighted by atomic mass is 10.0. The van der Waals surface area contributed by atoms with Gasteiger partial charge in [-0.05, 0) is 53.6 Å². The number of rotatable bonds is 4. The molecule has 2 aliphatic rings. The highest BCUT2D eigenvalue weighted by Crippen LogP contribution is 2.35. The molecule has 6 nitrogen and oxygen atoms in total. The van der Waals surface area contributed by atoms with Crippen molar-refractivity contribution in [3.63, 3.8) is 0 Å². The largest absolute Gasteiger partial charge is 0.379 e. The second kappa shape index (κ2) is 7.71. The zero-order valence-corrected chi connectivity index (χ0v) is 17.5. The Morgan fingerprint density at radius 1 is 1.00 bits per heavy atom. The van der Waals surface area contributed by atoms with Crippen molar-refractivity contribution in [2.75, 3.05) is 31.6 Å². The maximum absolute atomic E-state index is 14.5. The van der Waals surface area contributed by atoms with Crippen LogP contribution in [0.1, 0.15) is 21.5 Å². The number of carbonyl (C=O) groups is 1. The van der Waals surface area contributed by atoms with E-state index in [1.165, 1.54) is 21.5 Å². The van der Waals surface area contributed by atoms with E-state index >= 15 is 0 Å². The molecule has 1 N–H and O–H groups in total. The fourth-order valence-electron chi connectivity index (χ4n) is 4.32. The van der Waals surface area contributed by atoms with Crippen LogP contribution in [0.3, 0.4) is 0 Å². The van der Waals surface area contributed by atoms with Crippen molar-refractivity contribution < 1.29 is 22.3 Å². The first-order valence-corrected chi connectivity index (χ1v) is 11.6. The van der Waals surface area contributed by atoms with E-state index in [0.717, 1.165) is 35.7 Å². The first-order valence-electron chi connectivity index (χ1n) is 10.2. The first kappa shape index (κ1) is 20.1. The molecule has 1 amide bonds. The lowest BCUT2D eigenvalue weighted by molar-refractivity contribution is 0.0730. The summed E-state index contributed by atoms with van der Waals surface area (Å²) in [7, 11) is -3.84. The molecule has 3 aromatic carbocycles. The molecule has 0 atom stereocenters. The van der Waals surface area contributed by atoms with Gasteiger partial charge in [-0.3, -0.25) is 4.79 Å². The molecule has 0 saturated carbocycles. The molecule has 3 aromatic rings. The van der Waals surface area contributed by atoms with Crippen LogP contribution in [0.4, 0.5) is 10.1 Å². The number of morpholine rings is 1. The molecule has 0 radical (unpaired) electrons. The van der Waals surface area contributed by atoms with Gasteiger partial charge in [0.15, 0.2) is 0 Å². The molecule has 1 fully saturated rings. The number of anilines is 1. The average molecular weight is 440 g/mol. The third-order valence-corrected chi connectivity index (χ3v) is 7.81. The maximum Gasteiger partial charge on any atom is 0.258 e. The van der Waals surface area contributed by atoms with Gasteiger partial charge in [0.1, 0.15) is 5.82 Å². The predicted octanol–water partition coefficient (Wildman–Crippen LogP) is 3.35. The molecule has 31 heavy (non-hydrogen) atoms. The van der Waals surface area contributed by atoms with Crippen LogP contribution in [0.5, 0.6) is 0 Å². The van der Waals surface area contributed by atoms with Crippen LogP contribution in [0, 0.1) is 5.82 Å². The van der Waals surface area contributed by atoms with Gasteiger partial charge in [0.2, 0.25) is 10.0 Å². The number of nitrogens with one attached hydrogen (secondary N) is 1. The van der Waals surface area contributed by atoms with E-state index in [1.807, 2.05) is 24.3 Å². The van der Waals surface area contributed by atoms with E-state index in [-0.39, 0.29) is 23.5 Å². The fraction of sp³-hybridized carbons (Fsp3) is 0.261. The molecule has 0 aromatic heterocycles. The molecule has 1 aliphatic heterocycles. The Labute approximate surface area is 179 Å². The maximum atomic E-state index is 14.5. The van der Waals surface area contributed by atoms with Crippen molar-refractivity contribution in [1.82, 2.24) is 4.31 Å². The van der Waals surface area contributed by atoms with Gasteiger partial charge in [0.05, 0.1) is 23.7 Å². The van der Waals surface area contributed by atoms with Crippen LogP contribution in [-0.4, -0.2) is 44.9 Å². The van der Waals surface area contributed by atoms with Crippen LogP contribution in [-0.2, 0) is 27.6 Å². The van der Waals surface area contributed by atoms with Crippen molar-refractivity contribution in [3.8, 4) is 0 Å². The van der Waals surface area contributed by atoms with E-state index in [9.17, 15) is 17.6 Å². The van der Waals surface area contributed by atoms with Gasteiger partial charge in [-0.2, -0.15) is 4.31 Å². The minimum absolute atomic E-state index is 0.110. The summed E-state index contributed by atoms with van der Waals surface area (Å²) in [6, 6.07) is 13.1. The Hall–Kier alpha value is -2.81. The third kappa shape index (κ3) is 3.50. The summed E-state index contributed by atoms with van der Waals surface area (Å²) in [5.41, 5.74) is 2.73. The zero-order chi connectivity index (χ0) is 21.6. The van der Waals surface area contributed by atoms with Gasteiger partial charge in [-0.25, -0.2) is 12.8 Å². The number of hydrogen-bond donors (Lipinski definition) is 1. The monoisotopic (exact) mass is 440 g/mol. The lowest BCUT2D eigenvalue weighted by Gasteiger charge is -2.26. The fourth-order valence-corrected chi connectivity index (χ4v) is 5.76. The molecule has 8 heteroatoms. The Bertz CT molecular complexity index is 1290. The second-order valence-corrected chi connectivity index (χ2v) is 9.66. The quantitative estimate of drug-likeness (QED) is 0.675. The molecule has 160 valence electrons. The summed E-state index contributed by atoms with van der Waals surface area (Å²) >= 11 is 0. The van der Waals surface area contributed by atoms with Gasteiger partial charge in [0.25, 0.3) is 5.91 Å². The smallest absolute Gasteiger partial charge is 0.258 e. The highest BCUT2D eigenvalue weighted by molar-refractivity contribution is 7.89. The van der Waals surface area contributed by atoms with Crippen molar-refractivity contribution in [2.45, 2.75) is 17.7 Å². The number of hydrogen-bond acceptors (Lipinski definition) is 4. The Morgan fingerprint density at radius 3 is 2.52 bits per heavy atom. The number of sulfonamides is 1. The van der Waals surface area contributed by atoms with E-state index in [1.54, 1.807) is 0 Å². The van der Waals surface area contributed by atoms with Gasteiger partial charge >= 0.3 is 0 Å². The number of ether oxygens (including phenoxy) is 1. The molecule has 0 bridgehead atoms. The number of benzene rings is 3. The number of aryl methyl sites for hydroxylation is 2. The molecule has 0 unspecified atom stereocenters. The van der Waals surface area contributed by atoms with E-state index < -0.39 is 21.7 Å². The van der Waals surface area contributed by atoms with Crippen molar-refractivity contribution in [1.29, 1.82) is 0 Å². The number of amides is 1. The Morgan fingerprint density at radius 2 is 1.74 bits per heavy atom. The topological polar surface area (TPSA) is 75.7 Å². The van der Waals surface area contributed by atoms with E-state index in [0.29, 0.717) is 18.9 Å². The molecular formula is C23H21FN2O4S. The first-order chi connectivity index (χ1) is 14.9. The van der Waals surface area contributed by atoms with Gasteiger partial charge in [-0.15, -0.1) is 0 Å². The summed E-state index contributed by atoms with van der Waals surface area (Å²) in [6.07, 6.45) is 1.92. The van der Waals surface area contributed by atoms with Crippen LogP contribution in [0.2, 0.25) is 0 Å². The SMILES string of the molecule is O=C(Nc1ccc2c3c(cccc13)CC2)c1cc(S(=O)(=O)N2CCOCC2)ccc1F. The molecule has 5 rings (SSSR count). The second-order valence-electron chi connectivity index (χ2n) is 7.72. The molecule has 1 aliphatic carbocycles. The van der Waals surface area contributed by atoms with Crippen molar-refractivity contribution in [2.24, 2.45) is 0 Å². The summed E-state index contributed by atoms with van der Waals surface area (Å²) in [6.45, 7) is 1.06. The standard InChI is InChI=1S/C23H21FN2O4S/c24-20-8-7-17(31(28,29)26-10-12-30-13-11-26)14-19(20)23(27)25-21-9-6-16-5-4-15-2-1-3-18(21)22(15)16/h1-3,6-9,14H,4-5,10-13H2,(H,25,27). The summed E-state index contributed by atoms with van der Waals surface area (Å²) in [5, 5.41) is 4.81. The van der Waals surface area contributed by atoms with Crippen molar-refractivity contribution in [3.05, 3.63) is 71.0 Å². The molecular weight excluding hydrogens is 419 g/mol. The highest BCUT2D eigenvalue weighted by Gasteiger charge is 2.28. The van der Waals surface area contributed by atoms with Crippen LogP contribution in [0.15, 0.2) is 53.4 Å². The van der Waals surface area contributed by atoms with Gasteiger partial charge in [-0.1, -0.05) is 24.3 Å². The van der Waals surface area contributed by atoms with Gasteiger partial charge in [0, 0.05) is 24.2 Å². The minimum Gasteiger partial charge on any atom is -0.379 e. The summed E-state index contributed by atoms with van der Waals surface area (Å²) in [4.78, 5) is 12.8. The van der Waals surface area contributed by atoms with Crippen LogP contribution in [0.25, 0.3) is 10.8 Å². The normalized spacial score (nSPS) is 16.5. The van der Waals surface area contributed by atoms with Crippen molar-refractivity contribution >= 4 is 32.4 Å². The Kier molecular flexibility index (Phi) is 5.00. The third-order valence-electron chi connectivity index (χ3n) is 5.92. The predicted molar refractivity (Wildman–Crippen MR) is 115 cm³/mol. The summed E-state index contributed by atoms with van der Waals surface area (Å²) in [5.74, 6) is -1.46. The zero-order valence-electron chi connectivity index (χ0n) is 16.7. The van der Waals surface area contributed by atoms with Crippen LogP contribution < -0.4 is 5.32 Å². The number of carbonyl (C=O) groups excluding carboxylic acids is 1. The minimum atomic E-state index is -3.84. The average Bonchev–Trinajstić information content (AvgIpc) is 3.21. The van der Waals surface area contributed by atoms with E-state index in [2.05, 4.69) is 11.4 Å². The highest BCUT2D eigenvalue weighted by atomic mass is 32.2. The Balaban J connectivity index is 1.48.